The zero-order valence-corrected chi connectivity index (χ0v) is 15.5. The Kier molecular flexibility index (Phi) is 11.1. The van der Waals surface area contributed by atoms with Crippen LogP contribution in [0.1, 0.15) is 26.7 Å². The van der Waals surface area contributed by atoms with Crippen LogP contribution in [-0.2, 0) is 14.4 Å². The minimum Gasteiger partial charge on any atom is -0.480 e. The Balaban J connectivity index is 4.88. The molecule has 0 aromatic carbocycles. The number of hydrogen-bond donors (Lipinski definition) is 5. The normalized spacial score (nSPS) is 16.0. The second-order valence-electron chi connectivity index (χ2n) is 5.34. The van der Waals surface area contributed by atoms with Gasteiger partial charge in [0.15, 0.2) is 0 Å². The summed E-state index contributed by atoms with van der Waals surface area (Å²) in [6.45, 7) is 3.79. The molecule has 0 aromatic heterocycles. The molecule has 5 N–H and O–H groups in total. The lowest BCUT2D eigenvalue weighted by molar-refractivity contribution is -0.141. The van der Waals surface area contributed by atoms with Crippen LogP contribution in [0.5, 0.6) is 0 Å². The number of amides is 2. The highest BCUT2D eigenvalue weighted by Crippen LogP contribution is 2.07. The molecule has 0 aliphatic carbocycles. The molecule has 23 heavy (non-hydrogen) atoms. The van der Waals surface area contributed by atoms with E-state index in [9.17, 15) is 14.4 Å². The topological polar surface area (TPSA) is 122 Å². The third-order valence-corrected chi connectivity index (χ3v) is 4.61. The Morgan fingerprint density at radius 2 is 1.78 bits per heavy atom. The minimum absolute atomic E-state index is 0.0107. The molecule has 9 heteroatoms. The molecule has 0 bridgehead atoms. The predicted octanol–water partition coefficient (Wildman–Crippen LogP) is 0.0969. The van der Waals surface area contributed by atoms with Gasteiger partial charge in [0, 0.05) is 5.75 Å². The van der Waals surface area contributed by atoms with E-state index in [4.69, 9.17) is 10.8 Å². The summed E-state index contributed by atoms with van der Waals surface area (Å²) in [5.41, 5.74) is 5.87. The van der Waals surface area contributed by atoms with Crippen LogP contribution in [0.4, 0.5) is 0 Å². The predicted molar refractivity (Wildman–Crippen MR) is 95.8 cm³/mol. The summed E-state index contributed by atoms with van der Waals surface area (Å²) in [7, 11) is 0. The summed E-state index contributed by atoms with van der Waals surface area (Å²) >= 11 is 5.43. The van der Waals surface area contributed by atoms with Crippen LogP contribution in [0.25, 0.3) is 0 Å². The first-order chi connectivity index (χ1) is 10.8. The molecular formula is C14H27N3O4S2. The standard InChI is InChI=1S/C14H27N3O4S2/c1-4-8(2)11(15)13(19)16-9(5-6-23-3)12(18)17-10(7-22)14(20)21/h8-11,22H,4-7,15H2,1-3H3,(H,16,19)(H,17,18)(H,20,21)/t8-,9-,10-,11-/m0/s1. The number of aliphatic carboxylic acids is 1. The van der Waals surface area contributed by atoms with Crippen LogP contribution < -0.4 is 16.4 Å². The van der Waals surface area contributed by atoms with Gasteiger partial charge in [0.25, 0.3) is 0 Å². The van der Waals surface area contributed by atoms with Gasteiger partial charge in [-0.25, -0.2) is 4.79 Å². The molecule has 0 saturated carbocycles. The third-order valence-electron chi connectivity index (χ3n) is 3.60. The van der Waals surface area contributed by atoms with E-state index in [1.807, 2.05) is 20.1 Å². The molecule has 4 atom stereocenters. The maximum Gasteiger partial charge on any atom is 0.327 e. The van der Waals surface area contributed by atoms with Crippen LogP contribution in [0, 0.1) is 5.92 Å². The number of carbonyl (C=O) groups excluding carboxylic acids is 2. The molecule has 0 aliphatic heterocycles. The van der Waals surface area contributed by atoms with Crippen LogP contribution in [-0.4, -0.2) is 58.8 Å². The molecule has 0 aliphatic rings. The van der Waals surface area contributed by atoms with E-state index in [1.54, 1.807) is 0 Å². The van der Waals surface area contributed by atoms with Gasteiger partial charge in [0.2, 0.25) is 11.8 Å². The first-order valence-electron chi connectivity index (χ1n) is 7.47. The number of rotatable bonds is 11. The molecule has 0 rings (SSSR count). The number of nitrogens with one attached hydrogen (secondary N) is 2. The summed E-state index contributed by atoms with van der Waals surface area (Å²) in [5, 5.41) is 14.0. The van der Waals surface area contributed by atoms with Crippen molar-refractivity contribution in [2.24, 2.45) is 11.7 Å². The van der Waals surface area contributed by atoms with Gasteiger partial charge in [-0.3, -0.25) is 9.59 Å². The van der Waals surface area contributed by atoms with Gasteiger partial charge in [-0.05, 0) is 24.3 Å². The molecule has 0 aromatic rings. The Morgan fingerprint density at radius 3 is 2.22 bits per heavy atom. The third kappa shape index (κ3) is 7.94. The quantitative estimate of drug-likeness (QED) is 0.331. The highest BCUT2D eigenvalue weighted by Gasteiger charge is 2.28. The number of thioether (sulfide) groups is 1. The number of carboxylic acid groups (broad SMARTS) is 1. The van der Waals surface area contributed by atoms with E-state index in [0.717, 1.165) is 6.42 Å². The van der Waals surface area contributed by atoms with Crippen molar-refractivity contribution < 1.29 is 19.5 Å². The average molecular weight is 366 g/mol. The van der Waals surface area contributed by atoms with Gasteiger partial charge in [-0.15, -0.1) is 0 Å². The fraction of sp³-hybridized carbons (Fsp3) is 0.786. The van der Waals surface area contributed by atoms with Crippen molar-refractivity contribution >= 4 is 42.2 Å². The summed E-state index contributed by atoms with van der Waals surface area (Å²) in [4.78, 5) is 35.4. The maximum atomic E-state index is 12.2. The lowest BCUT2D eigenvalue weighted by Gasteiger charge is -2.24. The van der Waals surface area contributed by atoms with Crippen molar-refractivity contribution in [3.8, 4) is 0 Å². The zero-order chi connectivity index (χ0) is 18.0. The number of thiol groups is 1. The smallest absolute Gasteiger partial charge is 0.327 e. The molecule has 2 amide bonds. The van der Waals surface area contributed by atoms with Gasteiger partial charge >= 0.3 is 5.97 Å². The summed E-state index contributed by atoms with van der Waals surface area (Å²) in [5.74, 6) is -1.50. The Bertz CT molecular complexity index is 409. The highest BCUT2D eigenvalue weighted by atomic mass is 32.2. The van der Waals surface area contributed by atoms with Crippen molar-refractivity contribution in [3.05, 3.63) is 0 Å². The van der Waals surface area contributed by atoms with Gasteiger partial charge in [-0.2, -0.15) is 24.4 Å². The summed E-state index contributed by atoms with van der Waals surface area (Å²) in [6, 6.07) is -2.61. The van der Waals surface area contributed by atoms with Crippen LogP contribution >= 0.6 is 24.4 Å². The molecule has 0 radical (unpaired) electrons. The van der Waals surface area contributed by atoms with Gasteiger partial charge < -0.3 is 21.5 Å². The van der Waals surface area contributed by atoms with Gasteiger partial charge in [-0.1, -0.05) is 20.3 Å². The van der Waals surface area contributed by atoms with E-state index in [-0.39, 0.29) is 11.7 Å². The maximum absolute atomic E-state index is 12.2. The largest absolute Gasteiger partial charge is 0.480 e. The van der Waals surface area contributed by atoms with Gasteiger partial charge in [0.05, 0.1) is 6.04 Å². The van der Waals surface area contributed by atoms with Crippen molar-refractivity contribution in [2.45, 2.75) is 44.8 Å². The Hall–Kier alpha value is -0.930. The average Bonchev–Trinajstić information content (AvgIpc) is 2.53. The summed E-state index contributed by atoms with van der Waals surface area (Å²) < 4.78 is 0. The minimum atomic E-state index is -1.17. The zero-order valence-electron chi connectivity index (χ0n) is 13.7. The van der Waals surface area contributed by atoms with E-state index < -0.39 is 35.9 Å². The first kappa shape index (κ1) is 22.1. The molecule has 134 valence electrons. The van der Waals surface area contributed by atoms with Crippen molar-refractivity contribution in [1.82, 2.24) is 10.6 Å². The van der Waals surface area contributed by atoms with Crippen molar-refractivity contribution in [2.75, 3.05) is 17.8 Å². The molecule has 7 nitrogen and oxygen atoms in total. The van der Waals surface area contributed by atoms with Crippen molar-refractivity contribution in [1.29, 1.82) is 0 Å². The SMILES string of the molecule is CC[C@H](C)[C@H](N)C(=O)N[C@@H](CCSC)C(=O)N[C@@H](CS)C(=O)O. The number of nitrogens with two attached hydrogens (primary N) is 1. The molecule has 0 saturated heterocycles. The second kappa shape index (κ2) is 11.6. The number of carboxylic acids is 1. The van der Waals surface area contributed by atoms with Crippen LogP contribution in [0.15, 0.2) is 0 Å². The first-order valence-corrected chi connectivity index (χ1v) is 9.49. The van der Waals surface area contributed by atoms with Crippen LogP contribution in [0.3, 0.4) is 0 Å². The molecule has 0 spiro atoms. The number of carbonyl (C=O) groups is 3. The molecule has 0 heterocycles. The fourth-order valence-electron chi connectivity index (χ4n) is 1.74. The van der Waals surface area contributed by atoms with E-state index in [1.165, 1.54) is 11.8 Å². The Labute approximate surface area is 146 Å². The second-order valence-corrected chi connectivity index (χ2v) is 6.69. The van der Waals surface area contributed by atoms with Crippen LogP contribution in [0.2, 0.25) is 0 Å². The van der Waals surface area contributed by atoms with Gasteiger partial charge in [0.1, 0.15) is 12.1 Å². The molecule has 0 unspecified atom stereocenters. The van der Waals surface area contributed by atoms with E-state index in [0.29, 0.717) is 12.2 Å². The molecule has 0 fully saturated rings. The lowest BCUT2D eigenvalue weighted by atomic mass is 9.99. The summed E-state index contributed by atoms with van der Waals surface area (Å²) in [6.07, 6.45) is 3.03. The monoisotopic (exact) mass is 365 g/mol. The van der Waals surface area contributed by atoms with Crippen molar-refractivity contribution in [3.63, 3.8) is 0 Å². The van der Waals surface area contributed by atoms with E-state index >= 15 is 0 Å². The Morgan fingerprint density at radius 1 is 1.22 bits per heavy atom. The fourth-order valence-corrected chi connectivity index (χ4v) is 2.46. The number of hydrogen-bond acceptors (Lipinski definition) is 6. The molecular weight excluding hydrogens is 338 g/mol. The van der Waals surface area contributed by atoms with E-state index in [2.05, 4.69) is 23.3 Å². The lowest BCUT2D eigenvalue weighted by Crippen LogP contribution is -2.55. The highest BCUT2D eigenvalue weighted by molar-refractivity contribution is 7.98.